The standard InChI is InChI=1S/C16H19N3O/c1-11-5-3-4-6-13(11)7-8-18-16(20)14-9-12(2)19-15(17)10-14/h3-6,9-10H,7-8H2,1-2H3,(H2,17,19)(H,18,20). The molecule has 0 aliphatic carbocycles. The molecule has 4 heteroatoms. The van der Waals surface area contributed by atoms with Crippen LogP contribution in [0.2, 0.25) is 0 Å². The molecule has 4 nitrogen and oxygen atoms in total. The minimum Gasteiger partial charge on any atom is -0.384 e. The molecule has 20 heavy (non-hydrogen) atoms. The van der Waals surface area contributed by atoms with Crippen LogP contribution in [0.25, 0.3) is 0 Å². The number of anilines is 1. The molecule has 0 bridgehead atoms. The number of hydrogen-bond acceptors (Lipinski definition) is 3. The van der Waals surface area contributed by atoms with Crippen molar-refractivity contribution in [2.24, 2.45) is 0 Å². The molecule has 0 radical (unpaired) electrons. The van der Waals surface area contributed by atoms with Crippen molar-refractivity contribution in [3.63, 3.8) is 0 Å². The van der Waals surface area contributed by atoms with Gasteiger partial charge in [0.15, 0.2) is 0 Å². The SMILES string of the molecule is Cc1cc(C(=O)NCCc2ccccc2C)cc(N)n1. The Kier molecular flexibility index (Phi) is 4.35. The number of aryl methyl sites for hydroxylation is 2. The predicted octanol–water partition coefficient (Wildman–Crippen LogP) is 2.25. The maximum atomic E-state index is 12.0. The Balaban J connectivity index is 1.94. The van der Waals surface area contributed by atoms with Crippen molar-refractivity contribution in [3.05, 3.63) is 58.8 Å². The molecule has 1 aromatic heterocycles. The Bertz CT molecular complexity index is 603. The van der Waals surface area contributed by atoms with Gasteiger partial charge >= 0.3 is 0 Å². The fourth-order valence-electron chi connectivity index (χ4n) is 2.13. The van der Waals surface area contributed by atoms with Gasteiger partial charge in [0.2, 0.25) is 0 Å². The Morgan fingerprint density at radius 1 is 1.25 bits per heavy atom. The lowest BCUT2D eigenvalue weighted by atomic mass is 10.1. The Morgan fingerprint density at radius 3 is 2.70 bits per heavy atom. The van der Waals surface area contributed by atoms with E-state index < -0.39 is 0 Å². The first-order valence-electron chi connectivity index (χ1n) is 6.63. The molecule has 2 rings (SSSR count). The van der Waals surface area contributed by atoms with Gasteiger partial charge in [-0.3, -0.25) is 4.79 Å². The number of hydrogen-bond donors (Lipinski definition) is 2. The van der Waals surface area contributed by atoms with E-state index in [1.54, 1.807) is 12.1 Å². The smallest absolute Gasteiger partial charge is 0.251 e. The number of amides is 1. The number of carbonyl (C=O) groups is 1. The van der Waals surface area contributed by atoms with Crippen LogP contribution in [-0.4, -0.2) is 17.4 Å². The van der Waals surface area contributed by atoms with Crippen molar-refractivity contribution in [1.82, 2.24) is 10.3 Å². The summed E-state index contributed by atoms with van der Waals surface area (Å²) in [6.45, 7) is 4.50. The van der Waals surface area contributed by atoms with Gasteiger partial charge in [-0.1, -0.05) is 24.3 Å². The van der Waals surface area contributed by atoms with Gasteiger partial charge in [-0.2, -0.15) is 0 Å². The van der Waals surface area contributed by atoms with E-state index in [4.69, 9.17) is 5.73 Å². The molecule has 0 unspecified atom stereocenters. The molecule has 0 aliphatic rings. The second-order valence-electron chi connectivity index (χ2n) is 4.85. The van der Waals surface area contributed by atoms with Gasteiger partial charge < -0.3 is 11.1 Å². The highest BCUT2D eigenvalue weighted by molar-refractivity contribution is 5.94. The molecule has 1 aromatic carbocycles. The third-order valence-electron chi connectivity index (χ3n) is 3.18. The lowest BCUT2D eigenvalue weighted by molar-refractivity contribution is 0.0954. The highest BCUT2D eigenvalue weighted by Crippen LogP contribution is 2.08. The molecular formula is C16H19N3O. The van der Waals surface area contributed by atoms with Crippen LogP contribution >= 0.6 is 0 Å². The third kappa shape index (κ3) is 3.57. The van der Waals surface area contributed by atoms with Crippen molar-refractivity contribution in [2.75, 3.05) is 12.3 Å². The molecule has 0 aliphatic heterocycles. The van der Waals surface area contributed by atoms with E-state index in [1.165, 1.54) is 11.1 Å². The van der Waals surface area contributed by atoms with Crippen molar-refractivity contribution in [3.8, 4) is 0 Å². The van der Waals surface area contributed by atoms with Gasteiger partial charge in [-0.25, -0.2) is 4.98 Å². The van der Waals surface area contributed by atoms with Gasteiger partial charge in [0, 0.05) is 17.8 Å². The summed E-state index contributed by atoms with van der Waals surface area (Å²) < 4.78 is 0. The molecule has 1 amide bonds. The number of nitrogens with zero attached hydrogens (tertiary/aromatic N) is 1. The van der Waals surface area contributed by atoms with Gasteiger partial charge in [0.1, 0.15) is 5.82 Å². The largest absolute Gasteiger partial charge is 0.384 e. The summed E-state index contributed by atoms with van der Waals surface area (Å²) in [5.41, 5.74) is 9.44. The molecule has 104 valence electrons. The zero-order valence-corrected chi connectivity index (χ0v) is 11.8. The van der Waals surface area contributed by atoms with Crippen LogP contribution < -0.4 is 11.1 Å². The quantitative estimate of drug-likeness (QED) is 0.894. The third-order valence-corrected chi connectivity index (χ3v) is 3.18. The van der Waals surface area contributed by atoms with E-state index in [0.717, 1.165) is 12.1 Å². The van der Waals surface area contributed by atoms with Gasteiger partial charge in [-0.15, -0.1) is 0 Å². The molecule has 3 N–H and O–H groups in total. The van der Waals surface area contributed by atoms with E-state index in [-0.39, 0.29) is 5.91 Å². The number of rotatable bonds is 4. The highest BCUT2D eigenvalue weighted by Gasteiger charge is 2.07. The first-order chi connectivity index (χ1) is 9.56. The van der Waals surface area contributed by atoms with E-state index >= 15 is 0 Å². The molecule has 1 heterocycles. The second kappa shape index (κ2) is 6.19. The number of nitrogen functional groups attached to an aromatic ring is 1. The molecule has 0 atom stereocenters. The summed E-state index contributed by atoms with van der Waals surface area (Å²) >= 11 is 0. The van der Waals surface area contributed by atoms with Crippen LogP contribution in [0.5, 0.6) is 0 Å². The number of aromatic nitrogens is 1. The number of benzene rings is 1. The monoisotopic (exact) mass is 269 g/mol. The highest BCUT2D eigenvalue weighted by atomic mass is 16.1. The van der Waals surface area contributed by atoms with Crippen LogP contribution in [0.1, 0.15) is 27.2 Å². The van der Waals surface area contributed by atoms with E-state index in [9.17, 15) is 4.79 Å². The molecule has 0 spiro atoms. The average Bonchev–Trinajstić information content (AvgIpc) is 2.39. The molecule has 0 fully saturated rings. The maximum absolute atomic E-state index is 12.0. The zero-order chi connectivity index (χ0) is 14.5. The van der Waals surface area contributed by atoms with E-state index in [1.807, 2.05) is 19.1 Å². The predicted molar refractivity (Wildman–Crippen MR) is 80.6 cm³/mol. The number of carbonyl (C=O) groups excluding carboxylic acids is 1. The summed E-state index contributed by atoms with van der Waals surface area (Å²) in [5, 5.41) is 2.91. The summed E-state index contributed by atoms with van der Waals surface area (Å²) in [7, 11) is 0. The summed E-state index contributed by atoms with van der Waals surface area (Å²) in [6.07, 6.45) is 0.817. The first-order valence-corrected chi connectivity index (χ1v) is 6.63. The molecular weight excluding hydrogens is 250 g/mol. The summed E-state index contributed by atoms with van der Waals surface area (Å²) in [6, 6.07) is 11.5. The van der Waals surface area contributed by atoms with Crippen molar-refractivity contribution >= 4 is 11.7 Å². The first kappa shape index (κ1) is 14.1. The van der Waals surface area contributed by atoms with Crippen LogP contribution in [0, 0.1) is 13.8 Å². The maximum Gasteiger partial charge on any atom is 0.251 e. The fourth-order valence-corrected chi connectivity index (χ4v) is 2.13. The topological polar surface area (TPSA) is 68.0 Å². The number of nitrogens with one attached hydrogen (secondary N) is 1. The molecule has 2 aromatic rings. The normalized spacial score (nSPS) is 10.3. The van der Waals surface area contributed by atoms with E-state index in [2.05, 4.69) is 29.4 Å². The molecule has 0 saturated carbocycles. The van der Waals surface area contributed by atoms with Crippen molar-refractivity contribution in [2.45, 2.75) is 20.3 Å². The van der Waals surface area contributed by atoms with E-state index in [0.29, 0.717) is 17.9 Å². The van der Waals surface area contributed by atoms with Gasteiger partial charge in [-0.05, 0) is 43.5 Å². The van der Waals surface area contributed by atoms with Crippen molar-refractivity contribution < 1.29 is 4.79 Å². The number of pyridine rings is 1. The average molecular weight is 269 g/mol. The van der Waals surface area contributed by atoms with Gasteiger partial charge in [0.25, 0.3) is 5.91 Å². The number of nitrogens with two attached hydrogens (primary N) is 1. The Labute approximate surface area is 119 Å². The minimum absolute atomic E-state index is 0.115. The fraction of sp³-hybridized carbons (Fsp3) is 0.250. The lowest BCUT2D eigenvalue weighted by Gasteiger charge is -2.08. The van der Waals surface area contributed by atoms with Gasteiger partial charge in [0.05, 0.1) is 0 Å². The summed E-state index contributed by atoms with van der Waals surface area (Å²) in [5.74, 6) is 0.254. The van der Waals surface area contributed by atoms with Crippen LogP contribution in [0.4, 0.5) is 5.82 Å². The Hall–Kier alpha value is -2.36. The minimum atomic E-state index is -0.115. The molecule has 0 saturated heterocycles. The lowest BCUT2D eigenvalue weighted by Crippen LogP contribution is -2.26. The van der Waals surface area contributed by atoms with Crippen LogP contribution in [-0.2, 0) is 6.42 Å². The van der Waals surface area contributed by atoms with Crippen LogP contribution in [0.3, 0.4) is 0 Å². The van der Waals surface area contributed by atoms with Crippen molar-refractivity contribution in [1.29, 1.82) is 0 Å². The zero-order valence-electron chi connectivity index (χ0n) is 11.8. The van der Waals surface area contributed by atoms with Crippen LogP contribution in [0.15, 0.2) is 36.4 Å². The summed E-state index contributed by atoms with van der Waals surface area (Å²) in [4.78, 5) is 16.1. The second-order valence-corrected chi connectivity index (χ2v) is 4.85. The Morgan fingerprint density at radius 2 is 2.00 bits per heavy atom.